The van der Waals surface area contributed by atoms with Crippen molar-refractivity contribution in [3.63, 3.8) is 0 Å². The normalized spacial score (nSPS) is 10.6. The number of thioether (sulfide) groups is 2. The molecule has 4 heteroatoms. The summed E-state index contributed by atoms with van der Waals surface area (Å²) < 4.78 is 0. The average Bonchev–Trinajstić information content (AvgIpc) is 2.41. The Kier molecular flexibility index (Phi) is 14.5. The monoisotopic (exact) mass is 304 g/mol. The van der Waals surface area contributed by atoms with Crippen molar-refractivity contribution in [2.75, 3.05) is 11.5 Å². The summed E-state index contributed by atoms with van der Waals surface area (Å²) >= 11 is 2.96. The molecule has 0 amide bonds. The fourth-order valence-electron chi connectivity index (χ4n) is 1.54. The van der Waals surface area contributed by atoms with E-state index in [9.17, 15) is 9.59 Å². The molecule has 0 N–H and O–H groups in total. The third-order valence-electron chi connectivity index (χ3n) is 2.78. The number of carbonyl (C=O) groups excluding carboxylic acids is 2. The highest BCUT2D eigenvalue weighted by Crippen LogP contribution is 2.15. The quantitative estimate of drug-likeness (QED) is 0.472. The number of unbranched alkanes of at least 4 members (excludes halogenated alkanes) is 4. The third kappa shape index (κ3) is 14.3. The van der Waals surface area contributed by atoms with Gasteiger partial charge in [0.15, 0.2) is 10.2 Å². The summed E-state index contributed by atoms with van der Waals surface area (Å²) in [6.07, 6.45) is 8.97. The summed E-state index contributed by atoms with van der Waals surface area (Å²) in [5.74, 6) is 1.88. The minimum Gasteiger partial charge on any atom is -0.287 e. The summed E-state index contributed by atoms with van der Waals surface area (Å²) in [5, 5.41) is 0.678. The van der Waals surface area contributed by atoms with Crippen molar-refractivity contribution in [3.05, 3.63) is 0 Å². The van der Waals surface area contributed by atoms with E-state index in [1.807, 2.05) is 0 Å². The fourth-order valence-corrected chi connectivity index (χ4v) is 3.27. The zero-order chi connectivity index (χ0) is 14.3. The van der Waals surface area contributed by atoms with Crippen LogP contribution < -0.4 is 0 Å². The van der Waals surface area contributed by atoms with Gasteiger partial charge in [0, 0.05) is 24.3 Å². The van der Waals surface area contributed by atoms with Crippen LogP contribution in [0.15, 0.2) is 0 Å². The van der Waals surface area contributed by atoms with Crippen molar-refractivity contribution >= 4 is 33.8 Å². The van der Waals surface area contributed by atoms with Crippen molar-refractivity contribution in [1.29, 1.82) is 0 Å². The molecule has 0 fully saturated rings. The molecular weight excluding hydrogens is 276 g/mol. The Morgan fingerprint density at radius 2 is 1.11 bits per heavy atom. The Balaban J connectivity index is 3.22. The fraction of sp³-hybridized carbons (Fsp3) is 0.867. The molecule has 0 saturated heterocycles. The van der Waals surface area contributed by atoms with Gasteiger partial charge in [-0.25, -0.2) is 0 Å². The van der Waals surface area contributed by atoms with E-state index in [2.05, 4.69) is 13.8 Å². The molecular formula is C15H28O2S2. The van der Waals surface area contributed by atoms with Gasteiger partial charge in [-0.3, -0.25) is 9.59 Å². The van der Waals surface area contributed by atoms with Gasteiger partial charge in [0.25, 0.3) is 0 Å². The second-order valence-electron chi connectivity index (χ2n) is 4.71. The number of hydrogen-bond acceptors (Lipinski definition) is 4. The standard InChI is InChI=1S/C15H28O2S2/c1-3-5-10-14(16)18-12-8-7-9-13-19-15(17)11-6-4-2/h3-13H2,1-2H3. The molecule has 0 aliphatic heterocycles. The first kappa shape index (κ1) is 19.0. The molecule has 19 heavy (non-hydrogen) atoms. The molecule has 0 radical (unpaired) electrons. The first-order valence-electron chi connectivity index (χ1n) is 7.52. The SMILES string of the molecule is CCCCC(=O)SCCCCCSC(=O)CCCC. The lowest BCUT2D eigenvalue weighted by atomic mass is 10.3. The van der Waals surface area contributed by atoms with Crippen molar-refractivity contribution in [1.82, 2.24) is 0 Å². The molecule has 0 saturated carbocycles. The van der Waals surface area contributed by atoms with Crippen molar-refractivity contribution in [2.24, 2.45) is 0 Å². The Morgan fingerprint density at radius 3 is 1.47 bits per heavy atom. The van der Waals surface area contributed by atoms with Crippen LogP contribution in [-0.4, -0.2) is 21.7 Å². The van der Waals surface area contributed by atoms with Crippen LogP contribution in [0.5, 0.6) is 0 Å². The van der Waals surface area contributed by atoms with Gasteiger partial charge in [0.05, 0.1) is 0 Å². The molecule has 112 valence electrons. The molecule has 0 unspecified atom stereocenters. The predicted octanol–water partition coefficient (Wildman–Crippen LogP) is 5.06. The molecule has 0 aromatic carbocycles. The van der Waals surface area contributed by atoms with E-state index in [0.29, 0.717) is 10.2 Å². The predicted molar refractivity (Wildman–Crippen MR) is 87.8 cm³/mol. The summed E-state index contributed by atoms with van der Waals surface area (Å²) in [4.78, 5) is 22.8. The zero-order valence-electron chi connectivity index (χ0n) is 12.4. The van der Waals surface area contributed by atoms with Crippen LogP contribution in [0.2, 0.25) is 0 Å². The third-order valence-corrected chi connectivity index (χ3v) is 4.82. The molecule has 2 nitrogen and oxygen atoms in total. The molecule has 0 bridgehead atoms. The van der Waals surface area contributed by atoms with Gasteiger partial charge in [0.1, 0.15) is 0 Å². The Morgan fingerprint density at radius 1 is 0.684 bits per heavy atom. The van der Waals surface area contributed by atoms with Crippen LogP contribution in [0.1, 0.15) is 71.6 Å². The maximum Gasteiger partial charge on any atom is 0.188 e. The van der Waals surface area contributed by atoms with E-state index < -0.39 is 0 Å². The van der Waals surface area contributed by atoms with Crippen molar-refractivity contribution in [3.8, 4) is 0 Å². The molecule has 0 heterocycles. The van der Waals surface area contributed by atoms with E-state index >= 15 is 0 Å². The molecule has 0 aliphatic carbocycles. The minimum absolute atomic E-state index is 0.339. The highest BCUT2D eigenvalue weighted by molar-refractivity contribution is 8.13. The van der Waals surface area contributed by atoms with Gasteiger partial charge >= 0.3 is 0 Å². The maximum atomic E-state index is 11.4. The van der Waals surface area contributed by atoms with Gasteiger partial charge in [-0.1, -0.05) is 56.6 Å². The Hall–Kier alpha value is 0.0400. The Bertz CT molecular complexity index is 218. The van der Waals surface area contributed by atoms with Gasteiger partial charge in [0.2, 0.25) is 0 Å². The second kappa shape index (κ2) is 14.4. The smallest absolute Gasteiger partial charge is 0.188 e. The first-order chi connectivity index (χ1) is 9.20. The lowest BCUT2D eigenvalue weighted by Crippen LogP contribution is -1.95. The highest BCUT2D eigenvalue weighted by atomic mass is 32.2. The van der Waals surface area contributed by atoms with Crippen molar-refractivity contribution in [2.45, 2.75) is 71.6 Å². The number of rotatable bonds is 12. The van der Waals surface area contributed by atoms with Gasteiger partial charge in [-0.15, -0.1) is 0 Å². The molecule has 0 rings (SSSR count). The van der Waals surface area contributed by atoms with E-state index in [1.54, 1.807) is 0 Å². The molecule has 0 aliphatic rings. The first-order valence-corrected chi connectivity index (χ1v) is 9.49. The molecule has 0 aromatic heterocycles. The summed E-state index contributed by atoms with van der Waals surface area (Å²) in [7, 11) is 0. The van der Waals surface area contributed by atoms with E-state index in [0.717, 1.165) is 69.3 Å². The summed E-state index contributed by atoms with van der Waals surface area (Å²) in [6, 6.07) is 0. The minimum atomic E-state index is 0.339. The van der Waals surface area contributed by atoms with Crippen LogP contribution in [0.25, 0.3) is 0 Å². The second-order valence-corrected chi connectivity index (χ2v) is 7.01. The van der Waals surface area contributed by atoms with Gasteiger partial charge < -0.3 is 0 Å². The van der Waals surface area contributed by atoms with E-state index in [1.165, 1.54) is 23.5 Å². The van der Waals surface area contributed by atoms with E-state index in [-0.39, 0.29) is 0 Å². The van der Waals surface area contributed by atoms with Crippen molar-refractivity contribution < 1.29 is 9.59 Å². The molecule has 0 aromatic rings. The lowest BCUT2D eigenvalue weighted by molar-refractivity contribution is -0.111. The topological polar surface area (TPSA) is 34.1 Å². The van der Waals surface area contributed by atoms with Crippen LogP contribution in [0.3, 0.4) is 0 Å². The van der Waals surface area contributed by atoms with Crippen LogP contribution in [0.4, 0.5) is 0 Å². The van der Waals surface area contributed by atoms with Crippen LogP contribution in [0, 0.1) is 0 Å². The number of carbonyl (C=O) groups is 2. The molecule has 0 atom stereocenters. The maximum absolute atomic E-state index is 11.4. The lowest BCUT2D eigenvalue weighted by Gasteiger charge is -2.02. The van der Waals surface area contributed by atoms with Crippen LogP contribution in [-0.2, 0) is 9.59 Å². The van der Waals surface area contributed by atoms with Crippen LogP contribution >= 0.6 is 23.5 Å². The highest BCUT2D eigenvalue weighted by Gasteiger charge is 2.03. The van der Waals surface area contributed by atoms with Gasteiger partial charge in [-0.2, -0.15) is 0 Å². The number of hydrogen-bond donors (Lipinski definition) is 0. The zero-order valence-corrected chi connectivity index (χ0v) is 14.0. The summed E-state index contributed by atoms with van der Waals surface area (Å²) in [5.41, 5.74) is 0. The molecule has 0 spiro atoms. The summed E-state index contributed by atoms with van der Waals surface area (Å²) in [6.45, 7) is 4.22. The van der Waals surface area contributed by atoms with Gasteiger partial charge in [-0.05, 0) is 25.7 Å². The largest absolute Gasteiger partial charge is 0.287 e. The Labute approximate surface area is 126 Å². The van der Waals surface area contributed by atoms with E-state index in [4.69, 9.17) is 0 Å². The average molecular weight is 305 g/mol.